The zero-order valence-electron chi connectivity index (χ0n) is 19.4. The third-order valence-electron chi connectivity index (χ3n) is 5.18. The van der Waals surface area contributed by atoms with E-state index in [1.54, 1.807) is 39.2 Å². The summed E-state index contributed by atoms with van der Waals surface area (Å²) in [6.45, 7) is 3.51. The predicted octanol–water partition coefficient (Wildman–Crippen LogP) is 2.49. The molecule has 0 aliphatic rings. The summed E-state index contributed by atoms with van der Waals surface area (Å²) in [4.78, 5) is 23.3. The lowest BCUT2D eigenvalue weighted by atomic mass is 9.94. The third kappa shape index (κ3) is 6.93. The number of nitro benzene ring substituents is 1. The molecule has 1 heterocycles. The van der Waals surface area contributed by atoms with Gasteiger partial charge in [-0.15, -0.1) is 0 Å². The third-order valence-corrected chi connectivity index (χ3v) is 6.70. The van der Waals surface area contributed by atoms with Crippen molar-refractivity contribution in [1.29, 1.82) is 0 Å². The monoisotopic (exact) mass is 503 g/mol. The van der Waals surface area contributed by atoms with Gasteiger partial charge in [0.2, 0.25) is 15.9 Å². The summed E-state index contributed by atoms with van der Waals surface area (Å²) >= 11 is 0. The summed E-state index contributed by atoms with van der Waals surface area (Å²) in [5.74, 6) is -1.00. The van der Waals surface area contributed by atoms with E-state index in [0.29, 0.717) is 12.0 Å². The van der Waals surface area contributed by atoms with Gasteiger partial charge in [0.25, 0.3) is 5.69 Å². The molecular formula is C23H26FN5O5S. The van der Waals surface area contributed by atoms with Gasteiger partial charge in [-0.05, 0) is 49.6 Å². The van der Waals surface area contributed by atoms with Crippen molar-refractivity contribution in [2.24, 2.45) is 7.05 Å². The number of halogens is 1. The highest BCUT2D eigenvalue weighted by Gasteiger charge is 2.33. The molecule has 0 aliphatic carbocycles. The highest BCUT2D eigenvalue weighted by atomic mass is 32.2. The second-order valence-corrected chi connectivity index (χ2v) is 10.5. The Balaban J connectivity index is 1.87. The van der Waals surface area contributed by atoms with Crippen LogP contribution in [-0.2, 0) is 34.7 Å². The van der Waals surface area contributed by atoms with E-state index in [0.717, 1.165) is 17.7 Å². The Labute approximate surface area is 202 Å². The Kier molecular flexibility index (Phi) is 7.66. The molecule has 186 valence electrons. The first-order chi connectivity index (χ1) is 16.4. The molecule has 35 heavy (non-hydrogen) atoms. The minimum Gasteiger partial charge on any atom is -0.349 e. The van der Waals surface area contributed by atoms with Crippen LogP contribution >= 0.6 is 0 Å². The molecule has 10 nitrogen and oxygen atoms in total. The number of hydrogen-bond acceptors (Lipinski definition) is 6. The van der Waals surface area contributed by atoms with E-state index < -0.39 is 43.0 Å². The van der Waals surface area contributed by atoms with E-state index >= 15 is 0 Å². The molecule has 2 N–H and O–H groups in total. The van der Waals surface area contributed by atoms with Gasteiger partial charge in [0.15, 0.2) is 4.90 Å². The Morgan fingerprint density at radius 2 is 1.83 bits per heavy atom. The number of nitrogens with one attached hydrogen (secondary N) is 2. The van der Waals surface area contributed by atoms with Crippen molar-refractivity contribution in [3.8, 4) is 0 Å². The SMILES string of the molecule is Cn1cc(C[C@@H](NS(=O)(=O)c2ccccc2[N+](=O)[O-])C(=O)NC(C)(C)Cc2ccc(F)cc2)cn1. The first-order valence-electron chi connectivity index (χ1n) is 10.7. The lowest BCUT2D eigenvalue weighted by Crippen LogP contribution is -2.54. The Morgan fingerprint density at radius 3 is 2.43 bits per heavy atom. The van der Waals surface area contributed by atoms with Crippen LogP contribution in [0.3, 0.4) is 0 Å². The van der Waals surface area contributed by atoms with Gasteiger partial charge in [0, 0.05) is 31.3 Å². The molecule has 0 saturated carbocycles. The number of sulfonamides is 1. The van der Waals surface area contributed by atoms with Crippen LogP contribution in [0, 0.1) is 15.9 Å². The Hall–Kier alpha value is -3.64. The number of carbonyl (C=O) groups is 1. The van der Waals surface area contributed by atoms with Crippen molar-refractivity contribution >= 4 is 21.6 Å². The van der Waals surface area contributed by atoms with E-state index in [9.17, 15) is 27.7 Å². The first kappa shape index (κ1) is 26.0. The second-order valence-electron chi connectivity index (χ2n) is 8.80. The van der Waals surface area contributed by atoms with E-state index in [1.165, 1.54) is 35.1 Å². The average molecular weight is 504 g/mol. The molecular weight excluding hydrogens is 477 g/mol. The summed E-state index contributed by atoms with van der Waals surface area (Å²) < 4.78 is 43.3. The van der Waals surface area contributed by atoms with Crippen LogP contribution in [0.25, 0.3) is 0 Å². The molecule has 0 spiro atoms. The summed E-state index contributed by atoms with van der Waals surface area (Å²) in [5, 5.41) is 18.2. The van der Waals surface area contributed by atoms with Gasteiger partial charge in [-0.25, -0.2) is 12.8 Å². The standard InChI is InChI=1S/C23H26FN5O5S/c1-23(2,13-16-8-10-18(24)11-9-16)26-22(30)19(12-17-14-25-28(3)15-17)27-35(33,34)21-7-5-4-6-20(21)29(31)32/h4-11,14-15,19,27H,12-13H2,1-3H3,(H,26,30)/t19-/m1/s1. The number of hydrogen-bond donors (Lipinski definition) is 2. The quantitative estimate of drug-likeness (QED) is 0.322. The van der Waals surface area contributed by atoms with Crippen LogP contribution in [0.15, 0.2) is 65.8 Å². The highest BCUT2D eigenvalue weighted by molar-refractivity contribution is 7.89. The number of para-hydroxylation sites is 1. The lowest BCUT2D eigenvalue weighted by molar-refractivity contribution is -0.387. The summed E-state index contributed by atoms with van der Waals surface area (Å²) in [6.07, 6.45) is 3.47. The van der Waals surface area contributed by atoms with Crippen LogP contribution in [-0.4, -0.2) is 40.6 Å². The van der Waals surface area contributed by atoms with E-state index in [1.807, 2.05) is 0 Å². The van der Waals surface area contributed by atoms with E-state index in [4.69, 9.17) is 0 Å². The van der Waals surface area contributed by atoms with Crippen LogP contribution in [0.1, 0.15) is 25.0 Å². The van der Waals surface area contributed by atoms with Gasteiger partial charge >= 0.3 is 0 Å². The van der Waals surface area contributed by atoms with Crippen LogP contribution in [0.5, 0.6) is 0 Å². The molecule has 1 atom stereocenters. The second kappa shape index (κ2) is 10.3. The van der Waals surface area contributed by atoms with E-state index in [-0.39, 0.29) is 12.2 Å². The Morgan fingerprint density at radius 1 is 1.17 bits per heavy atom. The van der Waals surface area contributed by atoms with Crippen molar-refractivity contribution in [2.45, 2.75) is 43.2 Å². The molecule has 1 amide bonds. The summed E-state index contributed by atoms with van der Waals surface area (Å²) in [7, 11) is -2.75. The average Bonchev–Trinajstić information content (AvgIpc) is 3.18. The van der Waals surface area contributed by atoms with Gasteiger partial charge in [0.1, 0.15) is 11.9 Å². The fraction of sp³-hybridized carbons (Fsp3) is 0.304. The van der Waals surface area contributed by atoms with Gasteiger partial charge in [-0.1, -0.05) is 24.3 Å². The maximum Gasteiger partial charge on any atom is 0.289 e. The highest BCUT2D eigenvalue weighted by Crippen LogP contribution is 2.23. The normalized spacial score (nSPS) is 12.8. The van der Waals surface area contributed by atoms with Crippen LogP contribution in [0.2, 0.25) is 0 Å². The molecule has 0 bridgehead atoms. The molecule has 3 aromatic rings. The van der Waals surface area contributed by atoms with Crippen molar-refractivity contribution in [3.63, 3.8) is 0 Å². The predicted molar refractivity (Wildman–Crippen MR) is 126 cm³/mol. The van der Waals surface area contributed by atoms with E-state index in [2.05, 4.69) is 15.1 Å². The minimum atomic E-state index is -4.43. The fourth-order valence-electron chi connectivity index (χ4n) is 3.66. The smallest absolute Gasteiger partial charge is 0.289 e. The Bertz CT molecular complexity index is 1320. The summed E-state index contributed by atoms with van der Waals surface area (Å²) in [6, 6.07) is 9.48. The molecule has 0 saturated heterocycles. The van der Waals surface area contributed by atoms with Crippen molar-refractivity contribution in [1.82, 2.24) is 19.8 Å². The number of nitrogens with zero attached hydrogens (tertiary/aromatic N) is 3. The summed E-state index contributed by atoms with van der Waals surface area (Å²) in [5.41, 5.74) is -0.0424. The van der Waals surface area contributed by atoms with Crippen LogP contribution in [0.4, 0.5) is 10.1 Å². The molecule has 3 rings (SSSR count). The zero-order valence-corrected chi connectivity index (χ0v) is 20.3. The van der Waals surface area contributed by atoms with Crippen LogP contribution < -0.4 is 10.0 Å². The number of amides is 1. The van der Waals surface area contributed by atoms with Crippen molar-refractivity contribution < 1.29 is 22.5 Å². The van der Waals surface area contributed by atoms with Gasteiger partial charge in [0.05, 0.1) is 11.1 Å². The first-order valence-corrected chi connectivity index (χ1v) is 12.1. The number of carbonyl (C=O) groups excluding carboxylic acids is 1. The number of rotatable bonds is 10. The number of aromatic nitrogens is 2. The lowest BCUT2D eigenvalue weighted by Gasteiger charge is -2.29. The number of nitro groups is 1. The molecule has 0 unspecified atom stereocenters. The minimum absolute atomic E-state index is 0.0356. The largest absolute Gasteiger partial charge is 0.349 e. The number of aryl methyl sites for hydroxylation is 1. The molecule has 1 aromatic heterocycles. The molecule has 0 radical (unpaired) electrons. The topological polar surface area (TPSA) is 136 Å². The molecule has 0 aliphatic heterocycles. The maximum atomic E-state index is 13.3. The zero-order chi connectivity index (χ0) is 25.8. The van der Waals surface area contributed by atoms with Gasteiger partial charge in [-0.3, -0.25) is 19.6 Å². The van der Waals surface area contributed by atoms with Crippen molar-refractivity contribution in [2.75, 3.05) is 0 Å². The fourth-order valence-corrected chi connectivity index (χ4v) is 5.03. The molecule has 2 aromatic carbocycles. The number of benzene rings is 2. The molecule has 0 fully saturated rings. The maximum absolute atomic E-state index is 13.3. The van der Waals surface area contributed by atoms with Gasteiger partial charge in [-0.2, -0.15) is 9.82 Å². The molecule has 12 heteroatoms. The van der Waals surface area contributed by atoms with Crippen molar-refractivity contribution in [3.05, 3.63) is 88.0 Å². The van der Waals surface area contributed by atoms with Gasteiger partial charge < -0.3 is 5.32 Å².